The van der Waals surface area contributed by atoms with Crippen LogP contribution in [0.25, 0.3) is 0 Å². The Kier molecular flexibility index (Phi) is 6.64. The minimum Gasteiger partial charge on any atom is -0.466 e. The summed E-state index contributed by atoms with van der Waals surface area (Å²) >= 11 is 5.83. The first-order valence-corrected chi connectivity index (χ1v) is 8.46. The third kappa shape index (κ3) is 5.09. The summed E-state index contributed by atoms with van der Waals surface area (Å²) < 4.78 is 10.0. The van der Waals surface area contributed by atoms with Crippen LogP contribution in [0.2, 0.25) is 5.02 Å². The first-order chi connectivity index (χ1) is 11.9. The van der Waals surface area contributed by atoms with Crippen molar-refractivity contribution in [3.05, 3.63) is 28.8 Å². The molecule has 0 unspecified atom stereocenters. The molecule has 0 aromatic heterocycles. The number of hydrogen-bond acceptors (Lipinski definition) is 6. The highest BCUT2D eigenvalue weighted by Gasteiger charge is 2.28. The molecule has 25 heavy (non-hydrogen) atoms. The van der Waals surface area contributed by atoms with Gasteiger partial charge in [-0.05, 0) is 38.0 Å². The van der Waals surface area contributed by atoms with E-state index in [1.54, 1.807) is 17.9 Å². The maximum Gasteiger partial charge on any atom is 0.340 e. The van der Waals surface area contributed by atoms with Gasteiger partial charge in [-0.15, -0.1) is 0 Å². The molecule has 0 spiro atoms. The molecule has 1 fully saturated rings. The highest BCUT2D eigenvalue weighted by molar-refractivity contribution is 6.31. The van der Waals surface area contributed by atoms with Crippen LogP contribution in [0.15, 0.2) is 18.2 Å². The van der Waals surface area contributed by atoms with E-state index in [4.69, 9.17) is 26.8 Å². The van der Waals surface area contributed by atoms with Gasteiger partial charge in [-0.3, -0.25) is 9.59 Å². The summed E-state index contributed by atoms with van der Waals surface area (Å²) in [7, 11) is 0. The van der Waals surface area contributed by atoms with E-state index in [0.29, 0.717) is 37.6 Å². The third-order valence-corrected chi connectivity index (χ3v) is 4.26. The van der Waals surface area contributed by atoms with Crippen LogP contribution in [0.5, 0.6) is 0 Å². The average Bonchev–Trinajstić information content (AvgIpc) is 2.61. The van der Waals surface area contributed by atoms with Gasteiger partial charge in [0.25, 0.3) is 5.91 Å². The standard InChI is InChI=1S/C17H21ClN2O5/c1-2-24-16(22)11-5-7-20(8-6-11)15(21)10-25-17(23)13-9-12(18)3-4-14(13)19/h3-4,9,11H,2,5-8,10,19H2,1H3. The number of likely N-dealkylation sites (tertiary alicyclic amines) is 1. The summed E-state index contributed by atoms with van der Waals surface area (Å²) in [4.78, 5) is 37.5. The number of anilines is 1. The topological polar surface area (TPSA) is 98.9 Å². The highest BCUT2D eigenvalue weighted by Crippen LogP contribution is 2.20. The van der Waals surface area contributed by atoms with Gasteiger partial charge in [-0.1, -0.05) is 11.6 Å². The molecule has 8 heteroatoms. The highest BCUT2D eigenvalue weighted by atomic mass is 35.5. The van der Waals surface area contributed by atoms with Gasteiger partial charge in [0.15, 0.2) is 6.61 Å². The number of piperidine rings is 1. The Morgan fingerprint density at radius 2 is 1.92 bits per heavy atom. The molecular formula is C17H21ClN2O5. The molecule has 7 nitrogen and oxygen atoms in total. The number of esters is 2. The fraction of sp³-hybridized carbons (Fsp3) is 0.471. The molecule has 0 aliphatic carbocycles. The molecule has 1 amide bonds. The summed E-state index contributed by atoms with van der Waals surface area (Å²) in [6, 6.07) is 4.46. The van der Waals surface area contributed by atoms with Gasteiger partial charge in [0.2, 0.25) is 0 Å². The van der Waals surface area contributed by atoms with Gasteiger partial charge < -0.3 is 20.1 Å². The number of amides is 1. The molecule has 1 heterocycles. The predicted molar refractivity (Wildman–Crippen MR) is 92.1 cm³/mol. The van der Waals surface area contributed by atoms with Crippen molar-refractivity contribution in [1.82, 2.24) is 4.90 Å². The van der Waals surface area contributed by atoms with E-state index in [1.165, 1.54) is 12.1 Å². The number of nitrogens with zero attached hydrogens (tertiary/aromatic N) is 1. The normalized spacial score (nSPS) is 14.9. The van der Waals surface area contributed by atoms with Gasteiger partial charge in [0, 0.05) is 23.8 Å². The minimum absolute atomic E-state index is 0.126. The molecule has 1 aromatic rings. The van der Waals surface area contributed by atoms with E-state index in [0.717, 1.165) is 0 Å². The van der Waals surface area contributed by atoms with E-state index in [1.807, 2.05) is 0 Å². The zero-order valence-electron chi connectivity index (χ0n) is 14.0. The molecule has 1 aliphatic heterocycles. The maximum atomic E-state index is 12.2. The number of halogens is 1. The van der Waals surface area contributed by atoms with Crippen molar-refractivity contribution in [1.29, 1.82) is 0 Å². The Morgan fingerprint density at radius 1 is 1.24 bits per heavy atom. The van der Waals surface area contributed by atoms with Crippen LogP contribution < -0.4 is 5.73 Å². The Morgan fingerprint density at radius 3 is 2.56 bits per heavy atom. The zero-order chi connectivity index (χ0) is 18.4. The van der Waals surface area contributed by atoms with Crippen LogP contribution >= 0.6 is 11.6 Å². The molecular weight excluding hydrogens is 348 g/mol. The minimum atomic E-state index is -0.699. The second-order valence-corrected chi connectivity index (χ2v) is 6.15. The fourth-order valence-electron chi connectivity index (χ4n) is 2.63. The summed E-state index contributed by atoms with van der Waals surface area (Å²) in [6.07, 6.45) is 1.08. The maximum absolute atomic E-state index is 12.2. The van der Waals surface area contributed by atoms with Gasteiger partial charge in [0.1, 0.15) is 0 Å². The molecule has 0 radical (unpaired) electrons. The lowest BCUT2D eigenvalue weighted by molar-refractivity contribution is -0.151. The zero-order valence-corrected chi connectivity index (χ0v) is 14.8. The molecule has 1 aliphatic rings. The number of nitrogen functional groups attached to an aromatic ring is 1. The largest absolute Gasteiger partial charge is 0.466 e. The Labute approximate surface area is 151 Å². The van der Waals surface area contributed by atoms with Crippen molar-refractivity contribution in [3.8, 4) is 0 Å². The average molecular weight is 369 g/mol. The summed E-state index contributed by atoms with van der Waals surface area (Å²) in [5.74, 6) is -1.42. The van der Waals surface area contributed by atoms with Crippen molar-refractivity contribution in [2.75, 3.05) is 32.0 Å². The second-order valence-electron chi connectivity index (χ2n) is 5.71. The molecule has 2 rings (SSSR count). The summed E-state index contributed by atoms with van der Waals surface area (Å²) in [6.45, 7) is 2.59. The summed E-state index contributed by atoms with van der Waals surface area (Å²) in [5.41, 5.74) is 6.07. The third-order valence-electron chi connectivity index (χ3n) is 4.03. The van der Waals surface area contributed by atoms with Crippen molar-refractivity contribution < 1.29 is 23.9 Å². The van der Waals surface area contributed by atoms with Gasteiger partial charge >= 0.3 is 11.9 Å². The van der Waals surface area contributed by atoms with Crippen molar-refractivity contribution in [2.24, 2.45) is 5.92 Å². The molecule has 1 saturated heterocycles. The van der Waals surface area contributed by atoms with Crippen LogP contribution in [-0.2, 0) is 19.1 Å². The second kappa shape index (κ2) is 8.71. The Balaban J connectivity index is 1.82. The number of ether oxygens (including phenoxy) is 2. The Hall–Kier alpha value is -2.28. The van der Waals surface area contributed by atoms with Crippen molar-refractivity contribution >= 4 is 35.1 Å². The number of nitrogens with two attached hydrogens (primary N) is 1. The molecule has 0 bridgehead atoms. The van der Waals surface area contributed by atoms with E-state index in [2.05, 4.69) is 0 Å². The van der Waals surface area contributed by atoms with E-state index in [-0.39, 0.29) is 35.7 Å². The number of rotatable bonds is 5. The SMILES string of the molecule is CCOC(=O)C1CCN(C(=O)COC(=O)c2cc(Cl)ccc2N)CC1. The molecule has 1 aromatic carbocycles. The monoisotopic (exact) mass is 368 g/mol. The lowest BCUT2D eigenvalue weighted by Crippen LogP contribution is -2.42. The molecule has 136 valence electrons. The van der Waals surface area contributed by atoms with E-state index in [9.17, 15) is 14.4 Å². The first-order valence-electron chi connectivity index (χ1n) is 8.09. The Bertz CT molecular complexity index is 656. The van der Waals surface area contributed by atoms with E-state index < -0.39 is 5.97 Å². The number of carbonyl (C=O) groups is 3. The lowest BCUT2D eigenvalue weighted by atomic mass is 9.97. The number of benzene rings is 1. The number of hydrogen-bond donors (Lipinski definition) is 1. The van der Waals surface area contributed by atoms with Crippen LogP contribution in [0, 0.1) is 5.92 Å². The van der Waals surface area contributed by atoms with Crippen molar-refractivity contribution in [3.63, 3.8) is 0 Å². The van der Waals surface area contributed by atoms with Crippen LogP contribution in [0.4, 0.5) is 5.69 Å². The van der Waals surface area contributed by atoms with Crippen molar-refractivity contribution in [2.45, 2.75) is 19.8 Å². The number of carbonyl (C=O) groups excluding carboxylic acids is 3. The van der Waals surface area contributed by atoms with Gasteiger partial charge in [0.05, 0.1) is 18.1 Å². The van der Waals surface area contributed by atoms with Crippen LogP contribution in [0.1, 0.15) is 30.1 Å². The van der Waals surface area contributed by atoms with Gasteiger partial charge in [-0.2, -0.15) is 0 Å². The van der Waals surface area contributed by atoms with E-state index >= 15 is 0 Å². The smallest absolute Gasteiger partial charge is 0.340 e. The first kappa shape index (κ1) is 19.1. The molecule has 0 atom stereocenters. The van der Waals surface area contributed by atoms with Crippen LogP contribution in [-0.4, -0.2) is 49.0 Å². The summed E-state index contributed by atoms with van der Waals surface area (Å²) in [5, 5.41) is 0.355. The van der Waals surface area contributed by atoms with Crippen LogP contribution in [0.3, 0.4) is 0 Å². The lowest BCUT2D eigenvalue weighted by Gasteiger charge is -2.30. The predicted octanol–water partition coefficient (Wildman–Crippen LogP) is 1.88. The fourth-order valence-corrected chi connectivity index (χ4v) is 2.80. The van der Waals surface area contributed by atoms with Gasteiger partial charge in [-0.25, -0.2) is 4.79 Å². The molecule has 0 saturated carbocycles. The molecule has 2 N–H and O–H groups in total. The quantitative estimate of drug-likeness (QED) is 0.629.